The summed E-state index contributed by atoms with van der Waals surface area (Å²) in [6.07, 6.45) is 2.53. The third-order valence-corrected chi connectivity index (χ3v) is 1.43. The first kappa shape index (κ1) is 8.07. The molecule has 0 aliphatic rings. The van der Waals surface area contributed by atoms with Crippen molar-refractivity contribution in [1.82, 2.24) is 5.16 Å². The van der Waals surface area contributed by atoms with Gasteiger partial charge in [-0.1, -0.05) is 12.1 Å². The zero-order valence-corrected chi connectivity index (χ0v) is 6.63. The van der Waals surface area contributed by atoms with Crippen LogP contribution < -0.4 is 11.1 Å². The molecule has 0 saturated heterocycles. The molecule has 0 bridgehead atoms. The molecule has 0 unspecified atom stereocenters. The third kappa shape index (κ3) is 1.94. The van der Waals surface area contributed by atoms with Crippen molar-refractivity contribution >= 4 is 5.69 Å². The Kier molecular flexibility index (Phi) is 2.92. The summed E-state index contributed by atoms with van der Waals surface area (Å²) in [4.78, 5) is 0. The van der Waals surface area contributed by atoms with Gasteiger partial charge in [0.05, 0.1) is 11.9 Å². The van der Waals surface area contributed by atoms with E-state index in [9.17, 15) is 0 Å². The van der Waals surface area contributed by atoms with Crippen molar-refractivity contribution in [2.75, 3.05) is 18.4 Å². The fourth-order valence-electron chi connectivity index (χ4n) is 0.870. The standard InChI is InChI=1S/C7H13N3O/c1-2-7-6(5-10-11-7)9-4-3-8/h5,9H,2-4,8H2,1H3. The number of hydrogen-bond acceptors (Lipinski definition) is 4. The highest BCUT2D eigenvalue weighted by molar-refractivity contribution is 5.44. The minimum Gasteiger partial charge on any atom is -0.380 e. The summed E-state index contributed by atoms with van der Waals surface area (Å²) in [6, 6.07) is 0. The summed E-state index contributed by atoms with van der Waals surface area (Å²) in [5.41, 5.74) is 6.28. The Balaban J connectivity index is 2.54. The molecule has 4 heteroatoms. The molecule has 3 N–H and O–H groups in total. The molecule has 0 aliphatic carbocycles. The molecule has 1 rings (SSSR count). The van der Waals surface area contributed by atoms with E-state index in [1.54, 1.807) is 6.20 Å². The molecule has 0 aromatic carbocycles. The fraction of sp³-hybridized carbons (Fsp3) is 0.571. The largest absolute Gasteiger partial charge is 0.380 e. The van der Waals surface area contributed by atoms with Crippen molar-refractivity contribution in [1.29, 1.82) is 0 Å². The van der Waals surface area contributed by atoms with Crippen LogP contribution in [0.2, 0.25) is 0 Å². The highest BCUT2D eigenvalue weighted by Crippen LogP contribution is 2.13. The van der Waals surface area contributed by atoms with E-state index in [-0.39, 0.29) is 0 Å². The van der Waals surface area contributed by atoms with E-state index >= 15 is 0 Å². The Morgan fingerprint density at radius 3 is 3.18 bits per heavy atom. The van der Waals surface area contributed by atoms with Gasteiger partial charge in [-0.15, -0.1) is 0 Å². The van der Waals surface area contributed by atoms with E-state index in [0.717, 1.165) is 24.4 Å². The predicted octanol–water partition coefficient (Wildman–Crippen LogP) is 0.608. The molecule has 1 aromatic rings. The van der Waals surface area contributed by atoms with Gasteiger partial charge in [0, 0.05) is 19.5 Å². The van der Waals surface area contributed by atoms with E-state index in [0.29, 0.717) is 6.54 Å². The number of nitrogens with two attached hydrogens (primary N) is 1. The quantitative estimate of drug-likeness (QED) is 0.668. The number of hydrogen-bond donors (Lipinski definition) is 2. The van der Waals surface area contributed by atoms with Crippen molar-refractivity contribution in [3.05, 3.63) is 12.0 Å². The van der Waals surface area contributed by atoms with Gasteiger partial charge in [-0.25, -0.2) is 0 Å². The molecule has 0 radical (unpaired) electrons. The Bertz CT molecular complexity index is 209. The molecule has 1 heterocycles. The van der Waals surface area contributed by atoms with Gasteiger partial charge in [0.15, 0.2) is 5.76 Å². The number of nitrogens with zero attached hydrogens (tertiary/aromatic N) is 1. The molecular formula is C7H13N3O. The summed E-state index contributed by atoms with van der Waals surface area (Å²) in [5.74, 6) is 0.887. The molecule has 62 valence electrons. The van der Waals surface area contributed by atoms with Crippen LogP contribution in [0.4, 0.5) is 5.69 Å². The van der Waals surface area contributed by atoms with Gasteiger partial charge in [0.2, 0.25) is 0 Å². The Hall–Kier alpha value is -1.03. The monoisotopic (exact) mass is 155 g/mol. The van der Waals surface area contributed by atoms with Gasteiger partial charge in [0.25, 0.3) is 0 Å². The average molecular weight is 155 g/mol. The second kappa shape index (κ2) is 3.98. The molecule has 0 spiro atoms. The van der Waals surface area contributed by atoms with Crippen LogP contribution in [0.3, 0.4) is 0 Å². The van der Waals surface area contributed by atoms with Gasteiger partial charge in [-0.05, 0) is 0 Å². The molecule has 0 amide bonds. The lowest BCUT2D eigenvalue weighted by molar-refractivity contribution is 0.387. The lowest BCUT2D eigenvalue weighted by Gasteiger charge is -2.00. The van der Waals surface area contributed by atoms with Gasteiger partial charge in [-0.3, -0.25) is 0 Å². The number of aryl methyl sites for hydroxylation is 1. The second-order valence-electron chi connectivity index (χ2n) is 2.23. The van der Waals surface area contributed by atoms with Crippen molar-refractivity contribution < 1.29 is 4.52 Å². The van der Waals surface area contributed by atoms with E-state index < -0.39 is 0 Å². The highest BCUT2D eigenvalue weighted by Gasteiger charge is 2.02. The van der Waals surface area contributed by atoms with Crippen LogP contribution in [-0.2, 0) is 6.42 Å². The topological polar surface area (TPSA) is 64.1 Å². The van der Waals surface area contributed by atoms with Gasteiger partial charge < -0.3 is 15.6 Å². The maximum absolute atomic E-state index is 5.32. The zero-order chi connectivity index (χ0) is 8.10. The maximum atomic E-state index is 5.32. The number of aromatic nitrogens is 1. The molecular weight excluding hydrogens is 142 g/mol. The van der Waals surface area contributed by atoms with E-state index in [1.807, 2.05) is 6.92 Å². The lowest BCUT2D eigenvalue weighted by Crippen LogP contribution is -2.13. The van der Waals surface area contributed by atoms with Crippen LogP contribution in [0.15, 0.2) is 10.7 Å². The van der Waals surface area contributed by atoms with Crippen LogP contribution in [-0.4, -0.2) is 18.2 Å². The van der Waals surface area contributed by atoms with Gasteiger partial charge >= 0.3 is 0 Å². The van der Waals surface area contributed by atoms with E-state index in [2.05, 4.69) is 10.5 Å². The van der Waals surface area contributed by atoms with Crippen molar-refractivity contribution in [2.24, 2.45) is 5.73 Å². The fourth-order valence-corrected chi connectivity index (χ4v) is 0.870. The summed E-state index contributed by atoms with van der Waals surface area (Å²) in [6.45, 7) is 3.40. The molecule has 0 saturated carbocycles. The minimum atomic E-state index is 0.619. The lowest BCUT2D eigenvalue weighted by atomic mass is 10.3. The minimum absolute atomic E-state index is 0.619. The van der Waals surface area contributed by atoms with Crippen molar-refractivity contribution in [3.63, 3.8) is 0 Å². The first-order chi connectivity index (χ1) is 5.38. The Morgan fingerprint density at radius 2 is 2.55 bits per heavy atom. The SMILES string of the molecule is CCc1oncc1NCCN. The predicted molar refractivity (Wildman–Crippen MR) is 43.4 cm³/mol. The first-order valence-corrected chi connectivity index (χ1v) is 3.76. The third-order valence-electron chi connectivity index (χ3n) is 1.43. The Morgan fingerprint density at radius 1 is 1.73 bits per heavy atom. The highest BCUT2D eigenvalue weighted by atomic mass is 16.5. The normalized spacial score (nSPS) is 10.0. The first-order valence-electron chi connectivity index (χ1n) is 3.76. The van der Waals surface area contributed by atoms with Crippen molar-refractivity contribution in [2.45, 2.75) is 13.3 Å². The number of rotatable bonds is 4. The summed E-state index contributed by atoms with van der Waals surface area (Å²) in [5, 5.41) is 6.78. The van der Waals surface area contributed by atoms with Crippen LogP contribution in [0, 0.1) is 0 Å². The molecule has 1 aromatic heterocycles. The van der Waals surface area contributed by atoms with Crippen LogP contribution in [0.1, 0.15) is 12.7 Å². The molecule has 0 fully saturated rings. The molecule has 0 atom stereocenters. The zero-order valence-electron chi connectivity index (χ0n) is 6.63. The molecule has 11 heavy (non-hydrogen) atoms. The van der Waals surface area contributed by atoms with Crippen LogP contribution >= 0.6 is 0 Å². The summed E-state index contributed by atoms with van der Waals surface area (Å²) >= 11 is 0. The van der Waals surface area contributed by atoms with Crippen LogP contribution in [0.25, 0.3) is 0 Å². The van der Waals surface area contributed by atoms with Crippen LogP contribution in [0.5, 0.6) is 0 Å². The second-order valence-corrected chi connectivity index (χ2v) is 2.23. The van der Waals surface area contributed by atoms with Crippen molar-refractivity contribution in [3.8, 4) is 0 Å². The maximum Gasteiger partial charge on any atom is 0.159 e. The molecule has 4 nitrogen and oxygen atoms in total. The smallest absolute Gasteiger partial charge is 0.159 e. The number of anilines is 1. The van der Waals surface area contributed by atoms with Gasteiger partial charge in [0.1, 0.15) is 0 Å². The summed E-state index contributed by atoms with van der Waals surface area (Å²) < 4.78 is 4.96. The van der Waals surface area contributed by atoms with Gasteiger partial charge in [-0.2, -0.15) is 0 Å². The Labute approximate surface area is 65.7 Å². The molecule has 0 aliphatic heterocycles. The number of nitrogens with one attached hydrogen (secondary N) is 1. The average Bonchev–Trinajstić information content (AvgIpc) is 2.47. The van der Waals surface area contributed by atoms with E-state index in [1.165, 1.54) is 0 Å². The van der Waals surface area contributed by atoms with E-state index in [4.69, 9.17) is 10.3 Å². The summed E-state index contributed by atoms with van der Waals surface area (Å²) in [7, 11) is 0.